The average molecular weight is 204 g/mol. The van der Waals surface area contributed by atoms with Crippen LogP contribution in [0.1, 0.15) is 37.8 Å². The zero-order valence-corrected chi connectivity index (χ0v) is 9.32. The first-order valence-corrected chi connectivity index (χ1v) is 5.82. The second-order valence-electron chi connectivity index (χ2n) is 4.57. The molecule has 1 saturated carbocycles. The largest absolute Gasteiger partial charge is 0.328 e. The number of hydrogen-bond acceptors (Lipinski definition) is 2. The Bertz CT molecular complexity index is 297. The third-order valence-corrected chi connectivity index (χ3v) is 3.26. The van der Waals surface area contributed by atoms with Crippen molar-refractivity contribution in [3.8, 4) is 0 Å². The summed E-state index contributed by atoms with van der Waals surface area (Å²) in [5.74, 6) is 0. The second-order valence-corrected chi connectivity index (χ2v) is 4.57. The topological polar surface area (TPSA) is 38.0 Å². The summed E-state index contributed by atoms with van der Waals surface area (Å²) in [6, 6.07) is 12.0. The molecule has 1 aliphatic rings. The van der Waals surface area contributed by atoms with E-state index in [-0.39, 0.29) is 0 Å². The molecule has 3 N–H and O–H groups in total. The van der Waals surface area contributed by atoms with Crippen molar-refractivity contribution >= 4 is 0 Å². The molecule has 0 amide bonds. The molecule has 0 radical (unpaired) electrons. The SMILES string of the molecule is C[C@H](NC1CCC(N)C1)c1ccccc1. The van der Waals surface area contributed by atoms with Crippen LogP contribution in [0.3, 0.4) is 0 Å². The van der Waals surface area contributed by atoms with Gasteiger partial charge in [0.2, 0.25) is 0 Å². The predicted octanol–water partition coefficient (Wildman–Crippen LogP) is 2.22. The van der Waals surface area contributed by atoms with Crippen molar-refractivity contribution in [2.24, 2.45) is 5.73 Å². The van der Waals surface area contributed by atoms with Crippen LogP contribution in [0.2, 0.25) is 0 Å². The van der Waals surface area contributed by atoms with Crippen molar-refractivity contribution in [1.29, 1.82) is 0 Å². The van der Waals surface area contributed by atoms with Gasteiger partial charge in [-0.15, -0.1) is 0 Å². The number of hydrogen-bond donors (Lipinski definition) is 2. The molecule has 82 valence electrons. The zero-order chi connectivity index (χ0) is 10.7. The van der Waals surface area contributed by atoms with Crippen molar-refractivity contribution in [3.63, 3.8) is 0 Å². The maximum Gasteiger partial charge on any atom is 0.0294 e. The van der Waals surface area contributed by atoms with Crippen LogP contribution in [0.5, 0.6) is 0 Å². The maximum absolute atomic E-state index is 5.90. The van der Waals surface area contributed by atoms with E-state index in [2.05, 4.69) is 42.6 Å². The molecule has 2 rings (SSSR count). The van der Waals surface area contributed by atoms with Gasteiger partial charge in [-0.05, 0) is 31.7 Å². The van der Waals surface area contributed by atoms with Crippen LogP contribution in [0, 0.1) is 0 Å². The molecular weight excluding hydrogens is 184 g/mol. The van der Waals surface area contributed by atoms with Crippen LogP contribution in [0.15, 0.2) is 30.3 Å². The zero-order valence-electron chi connectivity index (χ0n) is 9.32. The molecule has 0 saturated heterocycles. The van der Waals surface area contributed by atoms with Gasteiger partial charge in [0, 0.05) is 18.1 Å². The van der Waals surface area contributed by atoms with Crippen molar-refractivity contribution < 1.29 is 0 Å². The van der Waals surface area contributed by atoms with E-state index in [1.165, 1.54) is 18.4 Å². The molecule has 2 nitrogen and oxygen atoms in total. The summed E-state index contributed by atoms with van der Waals surface area (Å²) in [5.41, 5.74) is 7.26. The van der Waals surface area contributed by atoms with E-state index in [9.17, 15) is 0 Å². The van der Waals surface area contributed by atoms with E-state index in [1.807, 2.05) is 0 Å². The fourth-order valence-corrected chi connectivity index (χ4v) is 2.36. The number of benzene rings is 1. The Morgan fingerprint density at radius 2 is 2.00 bits per heavy atom. The Hall–Kier alpha value is -0.860. The molecule has 0 aromatic heterocycles. The molecular formula is C13H20N2. The van der Waals surface area contributed by atoms with Crippen molar-refractivity contribution in [1.82, 2.24) is 5.32 Å². The smallest absolute Gasteiger partial charge is 0.0294 e. The van der Waals surface area contributed by atoms with Crippen molar-refractivity contribution in [2.75, 3.05) is 0 Å². The van der Waals surface area contributed by atoms with Crippen molar-refractivity contribution in [3.05, 3.63) is 35.9 Å². The molecule has 0 aliphatic heterocycles. The van der Waals surface area contributed by atoms with Gasteiger partial charge in [0.15, 0.2) is 0 Å². The third-order valence-electron chi connectivity index (χ3n) is 3.26. The van der Waals surface area contributed by atoms with Crippen LogP contribution in [0.25, 0.3) is 0 Å². The summed E-state index contributed by atoms with van der Waals surface area (Å²) in [4.78, 5) is 0. The second kappa shape index (κ2) is 4.77. The standard InChI is InChI=1S/C13H20N2/c1-10(11-5-3-2-4-6-11)15-13-8-7-12(14)9-13/h2-6,10,12-13,15H,7-9,14H2,1H3/t10-,12?,13?/m0/s1. The minimum Gasteiger partial charge on any atom is -0.328 e. The lowest BCUT2D eigenvalue weighted by Gasteiger charge is -2.19. The molecule has 0 bridgehead atoms. The van der Waals surface area contributed by atoms with Crippen LogP contribution >= 0.6 is 0 Å². The van der Waals surface area contributed by atoms with Gasteiger partial charge >= 0.3 is 0 Å². The normalized spacial score (nSPS) is 27.9. The van der Waals surface area contributed by atoms with Crippen LogP contribution in [-0.2, 0) is 0 Å². The van der Waals surface area contributed by atoms with Gasteiger partial charge in [0.05, 0.1) is 0 Å². The molecule has 0 heterocycles. The first kappa shape index (κ1) is 10.7. The van der Waals surface area contributed by atoms with Crippen LogP contribution in [-0.4, -0.2) is 12.1 Å². The van der Waals surface area contributed by atoms with E-state index < -0.39 is 0 Å². The number of nitrogens with one attached hydrogen (secondary N) is 1. The van der Waals surface area contributed by atoms with Gasteiger partial charge in [-0.2, -0.15) is 0 Å². The Labute approximate surface area is 91.9 Å². The average Bonchev–Trinajstić information content (AvgIpc) is 2.65. The molecule has 1 aromatic carbocycles. The quantitative estimate of drug-likeness (QED) is 0.792. The highest BCUT2D eigenvalue weighted by molar-refractivity contribution is 5.18. The Morgan fingerprint density at radius 1 is 1.27 bits per heavy atom. The molecule has 1 aromatic rings. The van der Waals surface area contributed by atoms with Gasteiger partial charge in [-0.1, -0.05) is 30.3 Å². The highest BCUT2D eigenvalue weighted by Gasteiger charge is 2.22. The molecule has 2 heteroatoms. The van der Waals surface area contributed by atoms with Crippen molar-refractivity contribution in [2.45, 2.75) is 44.3 Å². The molecule has 2 unspecified atom stereocenters. The van der Waals surface area contributed by atoms with E-state index in [4.69, 9.17) is 5.73 Å². The monoisotopic (exact) mass is 204 g/mol. The summed E-state index contributed by atoms with van der Waals surface area (Å²) < 4.78 is 0. The highest BCUT2D eigenvalue weighted by atomic mass is 15.0. The lowest BCUT2D eigenvalue weighted by atomic mass is 10.1. The van der Waals surface area contributed by atoms with Gasteiger partial charge in [0.25, 0.3) is 0 Å². The van der Waals surface area contributed by atoms with E-state index >= 15 is 0 Å². The van der Waals surface area contributed by atoms with Gasteiger partial charge in [0.1, 0.15) is 0 Å². The van der Waals surface area contributed by atoms with Gasteiger partial charge in [-0.3, -0.25) is 0 Å². The van der Waals surface area contributed by atoms with E-state index in [0.717, 1.165) is 6.42 Å². The summed E-state index contributed by atoms with van der Waals surface area (Å²) in [5, 5.41) is 3.65. The minimum absolute atomic E-state index is 0.408. The van der Waals surface area contributed by atoms with E-state index in [0.29, 0.717) is 18.1 Å². The van der Waals surface area contributed by atoms with Gasteiger partial charge in [-0.25, -0.2) is 0 Å². The van der Waals surface area contributed by atoms with E-state index in [1.54, 1.807) is 0 Å². The lowest BCUT2D eigenvalue weighted by molar-refractivity contribution is 0.457. The first-order chi connectivity index (χ1) is 7.25. The van der Waals surface area contributed by atoms with Crippen LogP contribution in [0.4, 0.5) is 0 Å². The predicted molar refractivity (Wildman–Crippen MR) is 63.6 cm³/mol. The Kier molecular flexibility index (Phi) is 3.39. The third kappa shape index (κ3) is 2.80. The molecule has 1 aliphatic carbocycles. The summed E-state index contributed by atoms with van der Waals surface area (Å²) >= 11 is 0. The first-order valence-electron chi connectivity index (χ1n) is 5.82. The number of rotatable bonds is 3. The Morgan fingerprint density at radius 3 is 2.60 bits per heavy atom. The molecule has 1 fully saturated rings. The Balaban J connectivity index is 1.90. The molecule has 0 spiro atoms. The summed E-state index contributed by atoms with van der Waals surface area (Å²) in [6.07, 6.45) is 3.51. The summed E-state index contributed by atoms with van der Waals surface area (Å²) in [6.45, 7) is 2.22. The molecule has 3 atom stereocenters. The number of nitrogens with two attached hydrogens (primary N) is 1. The molecule has 15 heavy (non-hydrogen) atoms. The fraction of sp³-hybridized carbons (Fsp3) is 0.538. The maximum atomic E-state index is 5.90. The minimum atomic E-state index is 0.408. The fourth-order valence-electron chi connectivity index (χ4n) is 2.36. The lowest BCUT2D eigenvalue weighted by Crippen LogP contribution is -2.30. The summed E-state index contributed by atoms with van der Waals surface area (Å²) in [7, 11) is 0. The van der Waals surface area contributed by atoms with Gasteiger partial charge < -0.3 is 11.1 Å². The van der Waals surface area contributed by atoms with Crippen LogP contribution < -0.4 is 11.1 Å². The highest BCUT2D eigenvalue weighted by Crippen LogP contribution is 2.21.